The fourth-order valence-corrected chi connectivity index (χ4v) is 2.45. The number of halogens is 2. The van der Waals surface area contributed by atoms with Crippen LogP contribution in [0.15, 0.2) is 46.9 Å². The van der Waals surface area contributed by atoms with Gasteiger partial charge in [0.25, 0.3) is 0 Å². The molecular weight excluding hydrogens is 314 g/mol. The molecule has 3 rings (SSSR count). The first kappa shape index (κ1) is 11.9. The van der Waals surface area contributed by atoms with Crippen molar-refractivity contribution < 1.29 is 4.74 Å². The van der Waals surface area contributed by atoms with Gasteiger partial charge in [0, 0.05) is 9.50 Å². The number of benzene rings is 2. The minimum atomic E-state index is 0.157. The Morgan fingerprint density at radius 3 is 2.72 bits per heavy atom. The highest BCUT2D eigenvalue weighted by Gasteiger charge is 2.20. The molecule has 0 saturated carbocycles. The van der Waals surface area contributed by atoms with Gasteiger partial charge in [-0.3, -0.25) is 0 Å². The Hall–Kier alpha value is -1.19. The summed E-state index contributed by atoms with van der Waals surface area (Å²) in [5.41, 5.74) is 2.14. The first-order valence-electron chi connectivity index (χ1n) is 5.67. The Kier molecular flexibility index (Phi) is 3.18. The summed E-state index contributed by atoms with van der Waals surface area (Å²) in [4.78, 5) is 0. The molecule has 4 heteroatoms. The van der Waals surface area contributed by atoms with Crippen LogP contribution in [0.3, 0.4) is 0 Å². The Morgan fingerprint density at radius 1 is 1.17 bits per heavy atom. The molecule has 0 aliphatic carbocycles. The average Bonchev–Trinajstić information content (AvgIpc) is 2.38. The lowest BCUT2D eigenvalue weighted by molar-refractivity contribution is 0.286. The predicted molar refractivity (Wildman–Crippen MR) is 77.5 cm³/mol. The molecule has 0 unspecified atom stereocenters. The summed E-state index contributed by atoms with van der Waals surface area (Å²) >= 11 is 9.43. The molecule has 2 aromatic rings. The standard InChI is InChI=1S/C14H11BrClNO/c15-10-3-1-9(2-4-10)13-8-18-14-6-5-11(16)7-12(14)17-13/h1-7,13,17H,8H2/t13-/m0/s1. The molecule has 0 saturated heterocycles. The molecule has 92 valence electrons. The molecule has 2 aromatic carbocycles. The van der Waals surface area contributed by atoms with Crippen LogP contribution in [0.25, 0.3) is 0 Å². The van der Waals surface area contributed by atoms with Crippen LogP contribution in [0, 0.1) is 0 Å². The third-order valence-corrected chi connectivity index (χ3v) is 3.71. The summed E-state index contributed by atoms with van der Waals surface area (Å²) in [6.45, 7) is 0.621. The molecule has 0 amide bonds. The van der Waals surface area contributed by atoms with Crippen LogP contribution >= 0.6 is 27.5 Å². The van der Waals surface area contributed by atoms with Crippen LogP contribution < -0.4 is 10.1 Å². The fraction of sp³-hybridized carbons (Fsp3) is 0.143. The van der Waals surface area contributed by atoms with Gasteiger partial charge in [0.05, 0.1) is 11.7 Å². The second-order valence-electron chi connectivity index (χ2n) is 4.20. The average molecular weight is 325 g/mol. The van der Waals surface area contributed by atoms with E-state index in [1.54, 1.807) is 0 Å². The van der Waals surface area contributed by atoms with Crippen LogP contribution in [0.1, 0.15) is 11.6 Å². The van der Waals surface area contributed by atoms with Crippen LogP contribution in [0.2, 0.25) is 5.02 Å². The van der Waals surface area contributed by atoms with Gasteiger partial charge in [0.2, 0.25) is 0 Å². The second kappa shape index (κ2) is 4.82. The van der Waals surface area contributed by atoms with Gasteiger partial charge in [-0.1, -0.05) is 39.7 Å². The van der Waals surface area contributed by atoms with Crippen LogP contribution in [0.4, 0.5) is 5.69 Å². The smallest absolute Gasteiger partial charge is 0.142 e. The van der Waals surface area contributed by atoms with Crippen molar-refractivity contribution in [1.29, 1.82) is 0 Å². The first-order chi connectivity index (χ1) is 8.72. The van der Waals surface area contributed by atoms with Gasteiger partial charge in [-0.2, -0.15) is 0 Å². The molecule has 1 aliphatic rings. The van der Waals surface area contributed by atoms with Gasteiger partial charge in [0.15, 0.2) is 0 Å². The van der Waals surface area contributed by atoms with Gasteiger partial charge in [-0.25, -0.2) is 0 Å². The molecule has 1 aliphatic heterocycles. The quantitative estimate of drug-likeness (QED) is 0.824. The summed E-state index contributed by atoms with van der Waals surface area (Å²) < 4.78 is 6.82. The van der Waals surface area contributed by atoms with Crippen molar-refractivity contribution in [2.24, 2.45) is 0 Å². The van der Waals surface area contributed by atoms with Crippen molar-refractivity contribution in [3.63, 3.8) is 0 Å². The van der Waals surface area contributed by atoms with Crippen molar-refractivity contribution >= 4 is 33.2 Å². The van der Waals surface area contributed by atoms with E-state index in [9.17, 15) is 0 Å². The Bertz CT molecular complexity index is 571. The lowest BCUT2D eigenvalue weighted by Gasteiger charge is -2.28. The van der Waals surface area contributed by atoms with E-state index in [0.717, 1.165) is 15.9 Å². The van der Waals surface area contributed by atoms with Gasteiger partial charge in [0.1, 0.15) is 12.4 Å². The van der Waals surface area contributed by atoms with Crippen molar-refractivity contribution in [2.75, 3.05) is 11.9 Å². The highest BCUT2D eigenvalue weighted by atomic mass is 79.9. The maximum atomic E-state index is 5.99. The zero-order valence-electron chi connectivity index (χ0n) is 9.49. The highest BCUT2D eigenvalue weighted by Crippen LogP contribution is 2.35. The third kappa shape index (κ3) is 2.33. The molecular formula is C14H11BrClNO. The van der Waals surface area contributed by atoms with E-state index < -0.39 is 0 Å². The Morgan fingerprint density at radius 2 is 1.94 bits per heavy atom. The number of anilines is 1. The third-order valence-electron chi connectivity index (χ3n) is 2.95. The van der Waals surface area contributed by atoms with Crippen molar-refractivity contribution in [1.82, 2.24) is 0 Å². The molecule has 0 aromatic heterocycles. The molecule has 0 bridgehead atoms. The Labute approximate surface area is 119 Å². The van der Waals surface area contributed by atoms with Crippen LogP contribution in [-0.2, 0) is 0 Å². The number of nitrogens with one attached hydrogen (secondary N) is 1. The highest BCUT2D eigenvalue weighted by molar-refractivity contribution is 9.10. The van der Waals surface area contributed by atoms with Gasteiger partial charge >= 0.3 is 0 Å². The van der Waals surface area contributed by atoms with E-state index in [1.165, 1.54) is 5.56 Å². The zero-order chi connectivity index (χ0) is 12.5. The minimum absolute atomic E-state index is 0.157. The Balaban J connectivity index is 1.88. The van der Waals surface area contributed by atoms with Gasteiger partial charge in [-0.15, -0.1) is 0 Å². The number of rotatable bonds is 1. The normalized spacial score (nSPS) is 17.6. The second-order valence-corrected chi connectivity index (χ2v) is 5.55. The van der Waals surface area contributed by atoms with Crippen molar-refractivity contribution in [3.05, 3.63) is 57.5 Å². The molecule has 1 atom stereocenters. The maximum absolute atomic E-state index is 5.99. The number of fused-ring (bicyclic) bond motifs is 1. The summed E-state index contributed by atoms with van der Waals surface area (Å²) in [7, 11) is 0. The van der Waals surface area contributed by atoms with E-state index in [2.05, 4.69) is 33.4 Å². The van der Waals surface area contributed by atoms with Crippen molar-refractivity contribution in [3.8, 4) is 5.75 Å². The van der Waals surface area contributed by atoms with Crippen LogP contribution in [0.5, 0.6) is 5.75 Å². The molecule has 0 radical (unpaired) electrons. The fourth-order valence-electron chi connectivity index (χ4n) is 2.02. The topological polar surface area (TPSA) is 21.3 Å². The maximum Gasteiger partial charge on any atom is 0.142 e. The molecule has 2 nitrogen and oxygen atoms in total. The van der Waals surface area contributed by atoms with E-state index in [0.29, 0.717) is 11.6 Å². The van der Waals surface area contributed by atoms with Gasteiger partial charge in [-0.05, 0) is 35.9 Å². The first-order valence-corrected chi connectivity index (χ1v) is 6.84. The molecule has 1 N–H and O–H groups in total. The predicted octanol–water partition coefficient (Wildman–Crippen LogP) is 4.65. The van der Waals surface area contributed by atoms with E-state index in [4.69, 9.17) is 16.3 Å². The molecule has 0 spiro atoms. The number of ether oxygens (including phenoxy) is 1. The molecule has 0 fully saturated rings. The lowest BCUT2D eigenvalue weighted by atomic mass is 10.1. The van der Waals surface area contributed by atoms with Crippen molar-refractivity contribution in [2.45, 2.75) is 6.04 Å². The molecule has 18 heavy (non-hydrogen) atoms. The zero-order valence-corrected chi connectivity index (χ0v) is 11.8. The van der Waals surface area contributed by atoms with Crippen LogP contribution in [-0.4, -0.2) is 6.61 Å². The minimum Gasteiger partial charge on any atom is -0.489 e. The summed E-state index contributed by atoms with van der Waals surface area (Å²) in [6.07, 6.45) is 0. The van der Waals surface area contributed by atoms with E-state index in [-0.39, 0.29) is 6.04 Å². The summed E-state index contributed by atoms with van der Waals surface area (Å²) in [5.74, 6) is 0.854. The SMILES string of the molecule is Clc1ccc2c(c1)N[C@H](c1ccc(Br)cc1)CO2. The number of hydrogen-bond acceptors (Lipinski definition) is 2. The largest absolute Gasteiger partial charge is 0.489 e. The van der Waals surface area contributed by atoms with E-state index in [1.807, 2.05) is 30.3 Å². The lowest BCUT2D eigenvalue weighted by Crippen LogP contribution is -2.23. The number of hydrogen-bond donors (Lipinski definition) is 1. The monoisotopic (exact) mass is 323 g/mol. The van der Waals surface area contributed by atoms with Gasteiger partial charge < -0.3 is 10.1 Å². The summed E-state index contributed by atoms with van der Waals surface area (Å²) in [6, 6.07) is 14.0. The summed E-state index contributed by atoms with van der Waals surface area (Å²) in [5, 5.41) is 4.16. The van der Waals surface area contributed by atoms with E-state index >= 15 is 0 Å². The molecule has 1 heterocycles.